The number of hydrogen-bond donors (Lipinski definition) is 2. The smallest absolute Gasteiger partial charge is 0.341 e. The van der Waals surface area contributed by atoms with Crippen molar-refractivity contribution in [2.75, 3.05) is 26.4 Å². The number of hydrogen-bond acceptors (Lipinski definition) is 8. The maximum atomic E-state index is 12.4. The molecule has 0 bridgehead atoms. The molecule has 1 amide bonds. The third-order valence-corrected chi connectivity index (χ3v) is 6.20. The van der Waals surface area contributed by atoms with Crippen LogP contribution in [-0.4, -0.2) is 42.5 Å². The van der Waals surface area contributed by atoms with Gasteiger partial charge in [-0.1, -0.05) is 12.1 Å². The van der Waals surface area contributed by atoms with Gasteiger partial charge in [0.1, 0.15) is 10.0 Å². The average Bonchev–Trinajstić information content (AvgIpc) is 3.21. The third-order valence-electron chi connectivity index (χ3n) is 4.12. The van der Waals surface area contributed by atoms with Crippen molar-refractivity contribution in [2.45, 2.75) is 20.0 Å². The number of fused-ring (bicyclic) bond motifs is 1. The number of nitrogens with two attached hydrogens (primary N) is 1. The zero-order valence-electron chi connectivity index (χ0n) is 15.9. The van der Waals surface area contributed by atoms with Crippen LogP contribution >= 0.6 is 22.7 Å². The first kappa shape index (κ1) is 20.2. The summed E-state index contributed by atoms with van der Waals surface area (Å²) in [5.41, 5.74) is 7.89. The van der Waals surface area contributed by atoms with Gasteiger partial charge in [-0.25, -0.2) is 9.78 Å². The fraction of sp³-hybridized carbons (Fsp3) is 0.316. The Bertz CT molecular complexity index is 979. The number of thiophene rings is 1. The molecule has 0 radical (unpaired) electrons. The van der Waals surface area contributed by atoms with Crippen molar-refractivity contribution in [1.82, 2.24) is 15.2 Å². The van der Waals surface area contributed by atoms with E-state index in [1.165, 1.54) is 0 Å². The first-order valence-corrected chi connectivity index (χ1v) is 10.4. The van der Waals surface area contributed by atoms with Crippen LogP contribution < -0.4 is 11.1 Å². The van der Waals surface area contributed by atoms with Crippen molar-refractivity contribution < 1.29 is 14.3 Å². The third kappa shape index (κ3) is 4.16. The highest BCUT2D eigenvalue weighted by Crippen LogP contribution is 2.33. The summed E-state index contributed by atoms with van der Waals surface area (Å²) in [6, 6.07) is 7.98. The zero-order chi connectivity index (χ0) is 20.3. The molecule has 0 saturated carbocycles. The lowest BCUT2D eigenvalue weighted by Gasteiger charge is -2.16. The van der Waals surface area contributed by atoms with Gasteiger partial charge < -0.3 is 15.8 Å². The van der Waals surface area contributed by atoms with Crippen LogP contribution in [0.5, 0.6) is 0 Å². The first-order valence-electron chi connectivity index (χ1n) is 8.77. The van der Waals surface area contributed by atoms with Crippen LogP contribution in [0.3, 0.4) is 0 Å². The lowest BCUT2D eigenvalue weighted by atomic mass is 10.1. The van der Waals surface area contributed by atoms with Gasteiger partial charge in [-0.3, -0.25) is 9.69 Å². The monoisotopic (exact) mass is 418 g/mol. The molecule has 0 aliphatic carbocycles. The molecule has 3 aromatic rings. The van der Waals surface area contributed by atoms with Gasteiger partial charge in [-0.2, -0.15) is 0 Å². The number of nitrogen functional groups attached to an aromatic ring is 1. The van der Waals surface area contributed by atoms with Crippen LogP contribution in [0, 0.1) is 0 Å². The number of ether oxygens (including phenoxy) is 1. The summed E-state index contributed by atoms with van der Waals surface area (Å²) in [4.78, 5) is 31.8. The van der Waals surface area contributed by atoms with E-state index >= 15 is 0 Å². The number of para-hydroxylation sites is 1. The largest absolute Gasteiger partial charge is 0.462 e. The Balaban J connectivity index is 1.88. The second-order valence-corrected chi connectivity index (χ2v) is 8.36. The van der Waals surface area contributed by atoms with Gasteiger partial charge in [0.15, 0.2) is 0 Å². The lowest BCUT2D eigenvalue weighted by Crippen LogP contribution is -2.23. The average molecular weight is 419 g/mol. The summed E-state index contributed by atoms with van der Waals surface area (Å²) >= 11 is 2.73. The van der Waals surface area contributed by atoms with E-state index in [-0.39, 0.29) is 18.1 Å². The van der Waals surface area contributed by atoms with Crippen LogP contribution in [-0.2, 0) is 17.8 Å². The van der Waals surface area contributed by atoms with Crippen LogP contribution in [0.2, 0.25) is 0 Å². The molecule has 0 fully saturated rings. The molecule has 2 heterocycles. The first-order chi connectivity index (χ1) is 13.4. The van der Waals surface area contributed by atoms with E-state index in [0.717, 1.165) is 26.6 Å². The molecule has 0 spiro atoms. The molecule has 9 heteroatoms. The van der Waals surface area contributed by atoms with Crippen LogP contribution in [0.1, 0.15) is 37.5 Å². The van der Waals surface area contributed by atoms with E-state index < -0.39 is 5.97 Å². The molecule has 0 atom stereocenters. The second-order valence-electron chi connectivity index (χ2n) is 6.20. The molecular weight excluding hydrogens is 396 g/mol. The minimum absolute atomic E-state index is 0.240. The standard InChI is InChI=1S/C19H22N4O3S2/c1-4-26-19(25)15-11(16(18(24)21-2)28-17(15)20)9-23(3)10-14-22-12-7-5-6-8-13(12)27-14/h5-8H,4,9-10,20H2,1-3H3,(H,21,24). The number of aromatic nitrogens is 1. The van der Waals surface area contributed by atoms with Gasteiger partial charge in [-0.15, -0.1) is 22.7 Å². The maximum Gasteiger partial charge on any atom is 0.341 e. The highest BCUT2D eigenvalue weighted by molar-refractivity contribution is 7.18. The van der Waals surface area contributed by atoms with E-state index in [0.29, 0.717) is 28.5 Å². The minimum Gasteiger partial charge on any atom is -0.462 e. The zero-order valence-corrected chi connectivity index (χ0v) is 17.6. The van der Waals surface area contributed by atoms with Crippen molar-refractivity contribution in [3.63, 3.8) is 0 Å². The molecule has 0 saturated heterocycles. The van der Waals surface area contributed by atoms with Crippen LogP contribution in [0.25, 0.3) is 10.2 Å². The summed E-state index contributed by atoms with van der Waals surface area (Å²) in [6.45, 7) is 2.94. The van der Waals surface area contributed by atoms with Gasteiger partial charge in [0, 0.05) is 19.2 Å². The Morgan fingerprint density at radius 2 is 2.00 bits per heavy atom. The van der Waals surface area contributed by atoms with Gasteiger partial charge in [0.2, 0.25) is 0 Å². The number of thiazole rings is 1. The van der Waals surface area contributed by atoms with Crippen molar-refractivity contribution in [1.29, 1.82) is 0 Å². The van der Waals surface area contributed by atoms with Gasteiger partial charge >= 0.3 is 5.97 Å². The fourth-order valence-corrected chi connectivity index (χ4v) is 4.96. The minimum atomic E-state index is -0.505. The van der Waals surface area contributed by atoms with E-state index in [1.807, 2.05) is 36.2 Å². The van der Waals surface area contributed by atoms with Gasteiger partial charge in [0.25, 0.3) is 5.91 Å². The SMILES string of the molecule is CCOC(=O)c1c(N)sc(C(=O)NC)c1CN(C)Cc1nc2ccccc2s1. The molecule has 0 aliphatic heterocycles. The molecule has 28 heavy (non-hydrogen) atoms. The number of anilines is 1. The van der Waals surface area contributed by atoms with E-state index in [1.54, 1.807) is 25.3 Å². The Labute approximate surface area is 171 Å². The Hall–Kier alpha value is -2.49. The van der Waals surface area contributed by atoms with Crippen molar-refractivity contribution in [3.05, 3.63) is 45.3 Å². The fourth-order valence-electron chi connectivity index (χ4n) is 2.90. The number of carbonyl (C=O) groups is 2. The normalized spacial score (nSPS) is 11.1. The van der Waals surface area contributed by atoms with E-state index in [4.69, 9.17) is 10.5 Å². The number of nitrogens with one attached hydrogen (secondary N) is 1. The number of benzene rings is 1. The van der Waals surface area contributed by atoms with Crippen LogP contribution in [0.4, 0.5) is 5.00 Å². The summed E-state index contributed by atoms with van der Waals surface area (Å²) in [5, 5.41) is 3.86. The molecule has 0 unspecified atom stereocenters. The Morgan fingerprint density at radius 3 is 2.68 bits per heavy atom. The number of rotatable bonds is 7. The molecule has 3 N–H and O–H groups in total. The molecule has 0 aliphatic rings. The van der Waals surface area contributed by atoms with Crippen molar-refractivity contribution >= 4 is 49.8 Å². The van der Waals surface area contributed by atoms with Crippen LogP contribution in [0.15, 0.2) is 24.3 Å². The summed E-state index contributed by atoms with van der Waals surface area (Å²) in [5.74, 6) is -0.773. The molecule has 3 rings (SSSR count). The lowest BCUT2D eigenvalue weighted by molar-refractivity contribution is 0.0526. The van der Waals surface area contributed by atoms with E-state index in [9.17, 15) is 9.59 Å². The predicted octanol–water partition coefficient (Wildman–Crippen LogP) is 3.11. The molecule has 148 valence electrons. The van der Waals surface area contributed by atoms with E-state index in [2.05, 4.69) is 10.3 Å². The number of esters is 1. The molecule has 1 aromatic carbocycles. The van der Waals surface area contributed by atoms with Crippen molar-refractivity contribution in [2.24, 2.45) is 0 Å². The Morgan fingerprint density at radius 1 is 1.25 bits per heavy atom. The summed E-state index contributed by atoms with van der Waals surface area (Å²) < 4.78 is 6.27. The molecule has 7 nitrogen and oxygen atoms in total. The molecule has 2 aromatic heterocycles. The summed E-state index contributed by atoms with van der Waals surface area (Å²) in [6.07, 6.45) is 0. The van der Waals surface area contributed by atoms with Gasteiger partial charge in [-0.05, 0) is 26.1 Å². The number of amides is 1. The summed E-state index contributed by atoms with van der Waals surface area (Å²) in [7, 11) is 3.47. The number of nitrogens with zero attached hydrogens (tertiary/aromatic N) is 2. The molecular formula is C19H22N4O3S2. The van der Waals surface area contributed by atoms with Gasteiger partial charge in [0.05, 0.1) is 33.8 Å². The predicted molar refractivity (Wildman–Crippen MR) is 113 cm³/mol. The highest BCUT2D eigenvalue weighted by atomic mass is 32.1. The maximum absolute atomic E-state index is 12.4. The second kappa shape index (κ2) is 8.68. The highest BCUT2D eigenvalue weighted by Gasteiger charge is 2.27. The number of carbonyl (C=O) groups excluding carboxylic acids is 2. The topological polar surface area (TPSA) is 97.5 Å². The quantitative estimate of drug-likeness (QED) is 0.572. The van der Waals surface area contributed by atoms with Crippen molar-refractivity contribution in [3.8, 4) is 0 Å². The Kier molecular flexibility index (Phi) is 6.28.